The van der Waals surface area contributed by atoms with Crippen molar-refractivity contribution in [2.45, 2.75) is 51.4 Å². The van der Waals surface area contributed by atoms with Crippen LogP contribution in [0.3, 0.4) is 0 Å². The van der Waals surface area contributed by atoms with E-state index in [1.165, 1.54) is 0 Å². The highest BCUT2D eigenvalue weighted by atomic mass is 16.5. The first-order valence-electron chi connectivity index (χ1n) is 6.22. The Kier molecular flexibility index (Phi) is 5.15. The molecule has 17 heavy (non-hydrogen) atoms. The van der Waals surface area contributed by atoms with E-state index in [0.29, 0.717) is 26.0 Å². The van der Waals surface area contributed by atoms with Gasteiger partial charge in [0, 0.05) is 19.4 Å². The number of esters is 1. The van der Waals surface area contributed by atoms with E-state index in [4.69, 9.17) is 9.47 Å². The van der Waals surface area contributed by atoms with Crippen LogP contribution in [-0.4, -0.2) is 36.9 Å². The summed E-state index contributed by atoms with van der Waals surface area (Å²) in [4.78, 5) is 12.1. The molecule has 0 aromatic carbocycles. The third-order valence-electron chi connectivity index (χ3n) is 2.99. The number of nitrogens with one attached hydrogen (secondary N) is 1. The van der Waals surface area contributed by atoms with E-state index in [1.54, 1.807) is 6.08 Å². The third kappa shape index (κ3) is 3.54. The Hall–Kier alpha value is -0.870. The van der Waals surface area contributed by atoms with Crippen LogP contribution in [0.4, 0.5) is 0 Å². The van der Waals surface area contributed by atoms with E-state index >= 15 is 0 Å². The van der Waals surface area contributed by atoms with E-state index in [-0.39, 0.29) is 18.2 Å². The predicted molar refractivity (Wildman–Crippen MR) is 66.8 cm³/mol. The van der Waals surface area contributed by atoms with Gasteiger partial charge in [0.2, 0.25) is 0 Å². The fourth-order valence-corrected chi connectivity index (χ4v) is 2.48. The highest BCUT2D eigenvalue weighted by Crippen LogP contribution is 2.30. The molecule has 0 radical (unpaired) electrons. The topological polar surface area (TPSA) is 47.6 Å². The molecule has 4 heteroatoms. The smallest absolute Gasteiger partial charge is 0.326 e. The molecule has 0 amide bonds. The zero-order valence-electron chi connectivity index (χ0n) is 11.0. The lowest BCUT2D eigenvalue weighted by Crippen LogP contribution is -2.59. The molecule has 0 aromatic rings. The minimum Gasteiger partial charge on any atom is -0.465 e. The molecular weight excluding hydrogens is 218 g/mol. The summed E-state index contributed by atoms with van der Waals surface area (Å²) in [5.41, 5.74) is -0.624. The monoisotopic (exact) mass is 241 g/mol. The van der Waals surface area contributed by atoms with Crippen molar-refractivity contribution in [1.29, 1.82) is 0 Å². The number of carbonyl (C=O) groups excluding carboxylic acids is 1. The maximum atomic E-state index is 12.1. The van der Waals surface area contributed by atoms with Crippen LogP contribution in [-0.2, 0) is 14.3 Å². The number of hydrogen-bond donors (Lipinski definition) is 1. The molecule has 1 rings (SSSR count). The summed E-state index contributed by atoms with van der Waals surface area (Å²) in [7, 11) is 0. The summed E-state index contributed by atoms with van der Waals surface area (Å²) in [6, 6.07) is 0. The van der Waals surface area contributed by atoms with Crippen LogP contribution in [0.25, 0.3) is 0 Å². The molecular formula is C13H23NO3. The van der Waals surface area contributed by atoms with Gasteiger partial charge in [-0.3, -0.25) is 10.1 Å². The summed E-state index contributed by atoms with van der Waals surface area (Å²) in [5, 5.41) is 3.26. The molecule has 0 spiro atoms. The molecule has 0 bridgehead atoms. The normalized spacial score (nSPS) is 33.1. The summed E-state index contributed by atoms with van der Waals surface area (Å²) in [5.74, 6) is -0.177. The van der Waals surface area contributed by atoms with Crippen molar-refractivity contribution in [3.63, 3.8) is 0 Å². The minimum absolute atomic E-state index is 0.0560. The van der Waals surface area contributed by atoms with Gasteiger partial charge in [-0.15, -0.1) is 6.58 Å². The largest absolute Gasteiger partial charge is 0.465 e. The first-order chi connectivity index (χ1) is 8.04. The second-order valence-corrected chi connectivity index (χ2v) is 4.64. The van der Waals surface area contributed by atoms with Gasteiger partial charge in [0.25, 0.3) is 0 Å². The first kappa shape index (κ1) is 14.2. The molecule has 1 aliphatic rings. The average molecular weight is 241 g/mol. The van der Waals surface area contributed by atoms with Crippen LogP contribution in [0.2, 0.25) is 0 Å². The highest BCUT2D eigenvalue weighted by molar-refractivity contribution is 5.81. The Balaban J connectivity index is 2.83. The van der Waals surface area contributed by atoms with E-state index in [2.05, 4.69) is 11.9 Å². The van der Waals surface area contributed by atoms with Crippen molar-refractivity contribution >= 4 is 5.97 Å². The van der Waals surface area contributed by atoms with Crippen molar-refractivity contribution in [2.24, 2.45) is 0 Å². The molecule has 1 fully saturated rings. The van der Waals surface area contributed by atoms with Crippen LogP contribution in [0.15, 0.2) is 12.7 Å². The van der Waals surface area contributed by atoms with E-state index < -0.39 is 5.54 Å². The van der Waals surface area contributed by atoms with Crippen molar-refractivity contribution in [3.8, 4) is 0 Å². The maximum absolute atomic E-state index is 12.1. The SMILES string of the molecule is C=CCNC1(C(=O)OCC)CC(C)OC(C)C1. The standard InChI is InChI=1S/C13H23NO3/c1-5-7-14-13(12(15)16-6-2)8-10(3)17-11(4)9-13/h5,10-11,14H,1,6-9H2,2-4H3. The fourth-order valence-electron chi connectivity index (χ4n) is 2.48. The van der Waals surface area contributed by atoms with Crippen LogP contribution >= 0.6 is 0 Å². The lowest BCUT2D eigenvalue weighted by Gasteiger charge is -2.41. The zero-order chi connectivity index (χ0) is 12.9. The number of rotatable bonds is 5. The van der Waals surface area contributed by atoms with Crippen molar-refractivity contribution in [2.75, 3.05) is 13.2 Å². The van der Waals surface area contributed by atoms with E-state index in [1.807, 2.05) is 20.8 Å². The van der Waals surface area contributed by atoms with Gasteiger partial charge in [-0.2, -0.15) is 0 Å². The quantitative estimate of drug-likeness (QED) is 0.587. The predicted octanol–water partition coefficient (Wildman–Crippen LogP) is 1.65. The van der Waals surface area contributed by atoms with Crippen LogP contribution in [0, 0.1) is 0 Å². The van der Waals surface area contributed by atoms with Crippen LogP contribution < -0.4 is 5.32 Å². The zero-order valence-corrected chi connectivity index (χ0v) is 11.0. The van der Waals surface area contributed by atoms with Crippen molar-refractivity contribution in [1.82, 2.24) is 5.32 Å². The Morgan fingerprint density at radius 2 is 2.12 bits per heavy atom. The molecule has 1 N–H and O–H groups in total. The molecule has 2 unspecified atom stereocenters. The minimum atomic E-state index is -0.624. The molecule has 0 aromatic heterocycles. The number of hydrogen-bond acceptors (Lipinski definition) is 4. The maximum Gasteiger partial charge on any atom is 0.326 e. The van der Waals surface area contributed by atoms with Crippen molar-refractivity contribution in [3.05, 3.63) is 12.7 Å². The third-order valence-corrected chi connectivity index (χ3v) is 2.99. The van der Waals surface area contributed by atoms with Crippen LogP contribution in [0.5, 0.6) is 0 Å². The lowest BCUT2D eigenvalue weighted by atomic mass is 9.84. The summed E-state index contributed by atoms with van der Waals surface area (Å²) >= 11 is 0. The molecule has 1 saturated heterocycles. The summed E-state index contributed by atoms with van der Waals surface area (Å²) < 4.78 is 10.9. The molecule has 0 saturated carbocycles. The van der Waals surface area contributed by atoms with Gasteiger partial charge >= 0.3 is 5.97 Å². The second kappa shape index (κ2) is 6.17. The number of ether oxygens (including phenoxy) is 2. The van der Waals surface area contributed by atoms with Gasteiger partial charge in [-0.25, -0.2) is 0 Å². The van der Waals surface area contributed by atoms with Gasteiger partial charge in [-0.1, -0.05) is 6.08 Å². The van der Waals surface area contributed by atoms with Gasteiger partial charge in [-0.05, 0) is 20.8 Å². The summed E-state index contributed by atoms with van der Waals surface area (Å²) in [6.07, 6.45) is 3.15. The molecule has 0 aliphatic carbocycles. The Morgan fingerprint density at radius 1 is 1.53 bits per heavy atom. The molecule has 4 nitrogen and oxygen atoms in total. The van der Waals surface area contributed by atoms with Gasteiger partial charge in [0.05, 0.1) is 18.8 Å². The molecule has 98 valence electrons. The Morgan fingerprint density at radius 3 is 2.59 bits per heavy atom. The summed E-state index contributed by atoms with van der Waals surface area (Å²) in [6.45, 7) is 10.5. The van der Waals surface area contributed by atoms with Gasteiger partial charge in [0.1, 0.15) is 5.54 Å². The molecule has 1 heterocycles. The van der Waals surface area contributed by atoms with Gasteiger partial charge < -0.3 is 9.47 Å². The second-order valence-electron chi connectivity index (χ2n) is 4.64. The molecule has 2 atom stereocenters. The number of carbonyl (C=O) groups is 1. The molecule has 1 aliphatic heterocycles. The average Bonchev–Trinajstić information content (AvgIpc) is 2.25. The Bertz CT molecular complexity index is 268. The lowest BCUT2D eigenvalue weighted by molar-refractivity contribution is -0.161. The van der Waals surface area contributed by atoms with Crippen molar-refractivity contribution < 1.29 is 14.3 Å². The highest BCUT2D eigenvalue weighted by Gasteiger charge is 2.45. The van der Waals surface area contributed by atoms with Gasteiger partial charge in [0.15, 0.2) is 0 Å². The van der Waals surface area contributed by atoms with E-state index in [9.17, 15) is 4.79 Å². The first-order valence-corrected chi connectivity index (χ1v) is 6.22. The van der Waals surface area contributed by atoms with Crippen LogP contribution in [0.1, 0.15) is 33.6 Å². The van der Waals surface area contributed by atoms with E-state index in [0.717, 1.165) is 0 Å². The fraction of sp³-hybridized carbons (Fsp3) is 0.769. The Labute approximate surface area is 103 Å².